The average Bonchev–Trinajstić information content (AvgIpc) is 2.76. The third-order valence-electron chi connectivity index (χ3n) is 2.92. The van der Waals surface area contributed by atoms with Crippen LogP contribution in [0.3, 0.4) is 0 Å². The fourth-order valence-electron chi connectivity index (χ4n) is 2.09. The number of thiophene rings is 1. The Hall–Kier alpha value is -0.450. The van der Waals surface area contributed by atoms with Gasteiger partial charge in [0.05, 0.1) is 4.88 Å². The number of hydrogen-bond acceptors (Lipinski definition) is 3. The summed E-state index contributed by atoms with van der Waals surface area (Å²) in [5.41, 5.74) is 2.29. The zero-order valence-corrected chi connectivity index (χ0v) is 12.2. The monoisotopic (exact) mass is 328 g/mol. The fraction of sp³-hybridized carbons (Fsp3) is 0.333. The molecule has 1 aliphatic rings. The molecule has 0 fully saturated rings. The van der Waals surface area contributed by atoms with Crippen LogP contribution in [0.4, 0.5) is 0 Å². The number of hydrogen-bond donors (Lipinski definition) is 0. The van der Waals surface area contributed by atoms with Gasteiger partial charge in [0.15, 0.2) is 5.82 Å². The summed E-state index contributed by atoms with van der Waals surface area (Å²) in [4.78, 5) is 10.1. The Morgan fingerprint density at radius 3 is 2.82 bits per heavy atom. The zero-order valence-electron chi connectivity index (χ0n) is 9.04. The fourth-order valence-corrected chi connectivity index (χ4v) is 3.73. The maximum absolute atomic E-state index is 6.25. The molecule has 0 aliphatic heterocycles. The van der Waals surface area contributed by atoms with E-state index >= 15 is 0 Å². The van der Waals surface area contributed by atoms with Gasteiger partial charge in [-0.1, -0.05) is 11.6 Å². The lowest BCUT2D eigenvalue weighted by molar-refractivity contribution is 0.664. The van der Waals surface area contributed by atoms with Gasteiger partial charge in [0.25, 0.3) is 0 Å². The van der Waals surface area contributed by atoms with Crippen molar-refractivity contribution in [2.24, 2.45) is 0 Å². The Morgan fingerprint density at radius 1 is 1.24 bits per heavy atom. The van der Waals surface area contributed by atoms with Gasteiger partial charge in [0, 0.05) is 21.1 Å². The first-order valence-corrected chi connectivity index (χ1v) is 7.59. The smallest absolute Gasteiger partial charge is 0.171 e. The third-order valence-corrected chi connectivity index (χ3v) is 4.92. The van der Waals surface area contributed by atoms with E-state index < -0.39 is 0 Å². The molecule has 17 heavy (non-hydrogen) atoms. The highest BCUT2D eigenvalue weighted by Gasteiger charge is 2.17. The topological polar surface area (TPSA) is 25.8 Å². The summed E-state index contributed by atoms with van der Waals surface area (Å²) in [5.74, 6) is 0.756. The van der Waals surface area contributed by atoms with Crippen LogP contribution in [0.25, 0.3) is 10.7 Å². The highest BCUT2D eigenvalue weighted by molar-refractivity contribution is 9.10. The summed E-state index contributed by atoms with van der Waals surface area (Å²) >= 11 is 11.3. The normalized spacial score (nSPS) is 14.7. The van der Waals surface area contributed by atoms with Crippen molar-refractivity contribution < 1.29 is 0 Å². The SMILES string of the molecule is Clc1nc(-c2cc(Br)cs2)nc2c1CCCC2. The molecule has 0 bridgehead atoms. The van der Waals surface area contributed by atoms with Gasteiger partial charge in [-0.3, -0.25) is 0 Å². The molecule has 0 saturated heterocycles. The van der Waals surface area contributed by atoms with E-state index in [2.05, 4.69) is 25.9 Å². The van der Waals surface area contributed by atoms with E-state index in [0.717, 1.165) is 39.3 Å². The molecule has 2 aromatic rings. The summed E-state index contributed by atoms with van der Waals surface area (Å²) in [7, 11) is 0. The number of halogens is 2. The van der Waals surface area contributed by atoms with Gasteiger partial charge in [-0.05, 0) is 47.7 Å². The van der Waals surface area contributed by atoms with Crippen LogP contribution in [0.5, 0.6) is 0 Å². The van der Waals surface area contributed by atoms with Crippen molar-refractivity contribution in [3.8, 4) is 10.7 Å². The molecule has 0 atom stereocenters. The zero-order chi connectivity index (χ0) is 11.8. The van der Waals surface area contributed by atoms with Crippen LogP contribution in [0, 0.1) is 0 Å². The summed E-state index contributed by atoms with van der Waals surface area (Å²) in [6, 6.07) is 2.03. The summed E-state index contributed by atoms with van der Waals surface area (Å²) in [5, 5.41) is 2.67. The van der Waals surface area contributed by atoms with E-state index in [9.17, 15) is 0 Å². The lowest BCUT2D eigenvalue weighted by Gasteiger charge is -2.15. The molecule has 2 heterocycles. The van der Waals surface area contributed by atoms with Crippen LogP contribution in [-0.2, 0) is 12.8 Å². The molecule has 0 N–H and O–H groups in total. The van der Waals surface area contributed by atoms with Crippen LogP contribution in [0.2, 0.25) is 5.15 Å². The maximum Gasteiger partial charge on any atom is 0.171 e. The molecule has 0 unspecified atom stereocenters. The molecule has 2 aromatic heterocycles. The van der Waals surface area contributed by atoms with Crippen molar-refractivity contribution in [2.75, 3.05) is 0 Å². The predicted octanol–water partition coefficient (Wildman–Crippen LogP) is 4.50. The van der Waals surface area contributed by atoms with E-state index in [4.69, 9.17) is 11.6 Å². The first-order chi connectivity index (χ1) is 8.24. The minimum atomic E-state index is 0.634. The molecule has 88 valence electrons. The van der Waals surface area contributed by atoms with Gasteiger partial charge in [-0.2, -0.15) is 0 Å². The molecule has 3 rings (SSSR count). The van der Waals surface area contributed by atoms with Crippen molar-refractivity contribution in [2.45, 2.75) is 25.7 Å². The van der Waals surface area contributed by atoms with Crippen LogP contribution in [-0.4, -0.2) is 9.97 Å². The first kappa shape index (κ1) is 11.6. The number of aromatic nitrogens is 2. The number of rotatable bonds is 1. The molecule has 2 nitrogen and oxygen atoms in total. The van der Waals surface area contributed by atoms with Gasteiger partial charge in [0.2, 0.25) is 0 Å². The Kier molecular flexibility index (Phi) is 3.19. The highest BCUT2D eigenvalue weighted by atomic mass is 79.9. The number of fused-ring (bicyclic) bond motifs is 1. The number of nitrogens with zero attached hydrogens (tertiary/aromatic N) is 2. The van der Waals surface area contributed by atoms with Gasteiger partial charge in [-0.15, -0.1) is 11.3 Å². The van der Waals surface area contributed by atoms with Crippen molar-refractivity contribution in [1.29, 1.82) is 0 Å². The summed E-state index contributed by atoms with van der Waals surface area (Å²) < 4.78 is 1.06. The Bertz CT molecular complexity index is 568. The van der Waals surface area contributed by atoms with Crippen molar-refractivity contribution in [3.63, 3.8) is 0 Å². The Morgan fingerprint density at radius 2 is 2.06 bits per heavy atom. The molecule has 0 amide bonds. The second-order valence-corrected chi connectivity index (χ2v) is 6.28. The minimum absolute atomic E-state index is 0.634. The lowest BCUT2D eigenvalue weighted by atomic mass is 9.97. The maximum atomic E-state index is 6.25. The van der Waals surface area contributed by atoms with Gasteiger partial charge >= 0.3 is 0 Å². The van der Waals surface area contributed by atoms with Crippen LogP contribution >= 0.6 is 38.9 Å². The van der Waals surface area contributed by atoms with Crippen molar-refractivity contribution in [3.05, 3.63) is 32.3 Å². The third kappa shape index (κ3) is 2.26. The molecule has 0 aromatic carbocycles. The van der Waals surface area contributed by atoms with Gasteiger partial charge < -0.3 is 0 Å². The molecule has 5 heteroatoms. The molecule has 0 saturated carbocycles. The van der Waals surface area contributed by atoms with Crippen LogP contribution < -0.4 is 0 Å². The highest BCUT2D eigenvalue weighted by Crippen LogP contribution is 2.31. The van der Waals surface area contributed by atoms with E-state index in [1.807, 2.05) is 11.4 Å². The van der Waals surface area contributed by atoms with Gasteiger partial charge in [-0.25, -0.2) is 9.97 Å². The Balaban J connectivity index is 2.10. The number of aryl methyl sites for hydroxylation is 1. The minimum Gasteiger partial charge on any atom is -0.232 e. The van der Waals surface area contributed by atoms with Crippen molar-refractivity contribution >= 4 is 38.9 Å². The molecular weight excluding hydrogens is 320 g/mol. The first-order valence-electron chi connectivity index (χ1n) is 5.54. The standard InChI is InChI=1S/C12H10BrClN2S/c13-7-5-10(17-6-7)12-15-9-4-2-1-3-8(9)11(14)16-12/h5-6H,1-4H2. The van der Waals surface area contributed by atoms with E-state index in [1.165, 1.54) is 12.8 Å². The van der Waals surface area contributed by atoms with E-state index in [1.54, 1.807) is 11.3 Å². The average molecular weight is 330 g/mol. The van der Waals surface area contributed by atoms with Crippen molar-refractivity contribution in [1.82, 2.24) is 9.97 Å². The van der Waals surface area contributed by atoms with E-state index in [-0.39, 0.29) is 0 Å². The quantitative estimate of drug-likeness (QED) is 0.720. The van der Waals surface area contributed by atoms with Crippen LogP contribution in [0.1, 0.15) is 24.1 Å². The van der Waals surface area contributed by atoms with Crippen LogP contribution in [0.15, 0.2) is 15.9 Å². The Labute approximate surface area is 117 Å². The molecule has 0 spiro atoms. The second kappa shape index (κ2) is 4.67. The molecular formula is C12H10BrClN2S. The lowest BCUT2D eigenvalue weighted by Crippen LogP contribution is -2.08. The predicted molar refractivity (Wildman–Crippen MR) is 74.7 cm³/mol. The summed E-state index contributed by atoms with van der Waals surface area (Å²) in [6.45, 7) is 0. The second-order valence-electron chi connectivity index (χ2n) is 4.10. The summed E-state index contributed by atoms with van der Waals surface area (Å²) in [6.07, 6.45) is 4.44. The largest absolute Gasteiger partial charge is 0.232 e. The van der Waals surface area contributed by atoms with Gasteiger partial charge in [0.1, 0.15) is 5.15 Å². The molecule has 1 aliphatic carbocycles. The van der Waals surface area contributed by atoms with E-state index in [0.29, 0.717) is 5.15 Å². The molecule has 0 radical (unpaired) electrons.